The minimum absolute atomic E-state index is 0.00615. The molecule has 2 aliphatic rings. The normalized spacial score (nSPS) is 20.2. The predicted molar refractivity (Wildman–Crippen MR) is 102 cm³/mol. The fraction of sp³-hybridized carbons (Fsp3) is 0.389. The molecule has 1 saturated heterocycles. The van der Waals surface area contributed by atoms with Gasteiger partial charge in [-0.05, 0) is 18.9 Å². The Morgan fingerprint density at radius 1 is 1.36 bits per heavy atom. The SMILES string of the molecule is NC1CN(c2c(F)cc3c(=O)c(C(=O)O)cn(C4CC4)c3c2Cl)CCNC1=O. The van der Waals surface area contributed by atoms with E-state index < -0.39 is 28.8 Å². The average molecular weight is 409 g/mol. The number of anilines is 1. The topological polar surface area (TPSA) is 118 Å². The fourth-order valence-electron chi connectivity index (χ4n) is 3.57. The highest BCUT2D eigenvalue weighted by Gasteiger charge is 2.31. The van der Waals surface area contributed by atoms with Gasteiger partial charge in [0.05, 0.1) is 21.6 Å². The second-order valence-electron chi connectivity index (χ2n) is 7.08. The van der Waals surface area contributed by atoms with Crippen LogP contribution in [-0.4, -0.2) is 47.2 Å². The minimum atomic E-state index is -1.37. The monoisotopic (exact) mass is 408 g/mol. The number of halogens is 2. The first-order valence-corrected chi connectivity index (χ1v) is 9.25. The predicted octanol–water partition coefficient (Wildman–Crippen LogP) is 1.09. The Hall–Kier alpha value is -2.65. The number of hydrogen-bond donors (Lipinski definition) is 3. The molecule has 28 heavy (non-hydrogen) atoms. The third-order valence-corrected chi connectivity index (χ3v) is 5.46. The second-order valence-corrected chi connectivity index (χ2v) is 7.45. The van der Waals surface area contributed by atoms with Crippen LogP contribution >= 0.6 is 11.6 Å². The van der Waals surface area contributed by atoms with Crippen molar-refractivity contribution < 1.29 is 19.1 Å². The standard InChI is InChI=1S/C18H18ClFN4O4/c19-13-14-9(16(25)10(18(27)28)6-24(14)8-1-2-8)5-11(20)15(13)23-4-3-22-17(26)12(21)7-23/h5-6,8,12H,1-4,7,21H2,(H,22,26)(H,27,28). The highest BCUT2D eigenvalue weighted by atomic mass is 35.5. The Morgan fingerprint density at radius 2 is 2.07 bits per heavy atom. The average Bonchev–Trinajstić information content (AvgIpc) is 3.47. The fourth-order valence-corrected chi connectivity index (χ4v) is 3.98. The number of carbonyl (C=O) groups excluding carboxylic acids is 1. The third-order valence-electron chi connectivity index (χ3n) is 5.11. The molecule has 4 rings (SSSR count). The number of aromatic nitrogens is 1. The van der Waals surface area contributed by atoms with E-state index in [1.165, 1.54) is 6.20 Å². The van der Waals surface area contributed by atoms with E-state index in [4.69, 9.17) is 17.3 Å². The molecule has 2 heterocycles. The summed E-state index contributed by atoms with van der Waals surface area (Å²) in [6.07, 6.45) is 2.90. The Balaban J connectivity index is 1.96. The van der Waals surface area contributed by atoms with Gasteiger partial charge in [0.1, 0.15) is 17.4 Å². The van der Waals surface area contributed by atoms with E-state index in [0.29, 0.717) is 12.1 Å². The summed E-state index contributed by atoms with van der Waals surface area (Å²) in [6, 6.07) is 0.177. The zero-order valence-corrected chi connectivity index (χ0v) is 15.5. The van der Waals surface area contributed by atoms with E-state index >= 15 is 4.39 Å². The van der Waals surface area contributed by atoms with Crippen molar-refractivity contribution >= 4 is 40.1 Å². The van der Waals surface area contributed by atoms with Gasteiger partial charge in [0.25, 0.3) is 0 Å². The zero-order valence-electron chi connectivity index (χ0n) is 14.7. The van der Waals surface area contributed by atoms with Crippen LogP contribution in [0.4, 0.5) is 10.1 Å². The number of nitrogens with zero attached hydrogens (tertiary/aromatic N) is 2. The molecule has 4 N–H and O–H groups in total. The van der Waals surface area contributed by atoms with Crippen molar-refractivity contribution in [3.63, 3.8) is 0 Å². The van der Waals surface area contributed by atoms with Crippen LogP contribution in [-0.2, 0) is 4.79 Å². The summed E-state index contributed by atoms with van der Waals surface area (Å²) in [5.41, 5.74) is 4.99. The number of aromatic carboxylic acids is 1. The third kappa shape index (κ3) is 3.00. The van der Waals surface area contributed by atoms with Crippen molar-refractivity contribution in [2.24, 2.45) is 5.73 Å². The van der Waals surface area contributed by atoms with Gasteiger partial charge in [0.2, 0.25) is 11.3 Å². The van der Waals surface area contributed by atoms with E-state index in [-0.39, 0.29) is 41.1 Å². The molecule has 2 fully saturated rings. The Morgan fingerprint density at radius 3 is 2.71 bits per heavy atom. The summed E-state index contributed by atoms with van der Waals surface area (Å²) in [4.78, 5) is 37.4. The van der Waals surface area contributed by atoms with Gasteiger partial charge in [-0.1, -0.05) is 11.6 Å². The number of carboxylic acids is 1. The molecule has 1 aliphatic heterocycles. The summed E-state index contributed by atoms with van der Waals surface area (Å²) in [5, 5.41) is 11.9. The van der Waals surface area contributed by atoms with Crippen molar-refractivity contribution in [2.45, 2.75) is 24.9 Å². The molecule has 2 aromatic rings. The lowest BCUT2D eigenvalue weighted by Gasteiger charge is -2.26. The van der Waals surface area contributed by atoms with Crippen molar-refractivity contribution in [3.8, 4) is 0 Å². The number of benzene rings is 1. The Bertz CT molecular complexity index is 1070. The largest absolute Gasteiger partial charge is 0.477 e. The lowest BCUT2D eigenvalue weighted by Crippen LogP contribution is -2.43. The van der Waals surface area contributed by atoms with Crippen molar-refractivity contribution in [2.75, 3.05) is 24.5 Å². The molecule has 0 spiro atoms. The summed E-state index contributed by atoms with van der Waals surface area (Å²) in [6.45, 7) is 0.630. The molecule has 10 heteroatoms. The summed E-state index contributed by atoms with van der Waals surface area (Å²) >= 11 is 6.56. The van der Waals surface area contributed by atoms with Gasteiger partial charge in [0.15, 0.2) is 0 Å². The second kappa shape index (κ2) is 6.75. The molecule has 1 atom stereocenters. The van der Waals surface area contributed by atoms with Crippen LogP contribution in [0.15, 0.2) is 17.1 Å². The van der Waals surface area contributed by atoms with Gasteiger partial charge in [-0.3, -0.25) is 9.59 Å². The van der Waals surface area contributed by atoms with Crippen LogP contribution in [0.5, 0.6) is 0 Å². The molecule has 0 bridgehead atoms. The molecular formula is C18H18ClFN4O4. The highest BCUT2D eigenvalue weighted by Crippen LogP contribution is 2.42. The number of nitrogens with two attached hydrogens (primary N) is 1. The molecule has 0 radical (unpaired) electrons. The molecule has 1 saturated carbocycles. The van der Waals surface area contributed by atoms with Crippen LogP contribution in [0.25, 0.3) is 10.9 Å². The molecule has 1 aromatic heterocycles. The number of hydrogen-bond acceptors (Lipinski definition) is 5. The number of nitrogens with one attached hydrogen (secondary N) is 1. The van der Waals surface area contributed by atoms with E-state index in [1.807, 2.05) is 0 Å². The van der Waals surface area contributed by atoms with E-state index in [0.717, 1.165) is 18.9 Å². The van der Waals surface area contributed by atoms with Crippen molar-refractivity contribution in [1.82, 2.24) is 9.88 Å². The van der Waals surface area contributed by atoms with Crippen LogP contribution in [0.2, 0.25) is 5.02 Å². The number of carbonyl (C=O) groups is 2. The lowest BCUT2D eigenvalue weighted by molar-refractivity contribution is -0.121. The number of fused-ring (bicyclic) bond motifs is 1. The molecule has 1 aromatic carbocycles. The molecule has 8 nitrogen and oxygen atoms in total. The first kappa shape index (κ1) is 18.7. The first-order chi connectivity index (χ1) is 13.3. The quantitative estimate of drug-likeness (QED) is 0.699. The van der Waals surface area contributed by atoms with Gasteiger partial charge in [0, 0.05) is 31.9 Å². The van der Waals surface area contributed by atoms with Crippen LogP contribution < -0.4 is 21.4 Å². The first-order valence-electron chi connectivity index (χ1n) is 8.88. The summed E-state index contributed by atoms with van der Waals surface area (Å²) in [5.74, 6) is -2.47. The van der Waals surface area contributed by atoms with Crippen LogP contribution in [0, 0.1) is 5.82 Å². The van der Waals surface area contributed by atoms with E-state index in [2.05, 4.69) is 5.32 Å². The molecular weight excluding hydrogens is 391 g/mol. The molecule has 1 amide bonds. The van der Waals surface area contributed by atoms with Gasteiger partial charge in [-0.15, -0.1) is 0 Å². The number of pyridine rings is 1. The summed E-state index contributed by atoms with van der Waals surface area (Å²) < 4.78 is 16.7. The Kier molecular flexibility index (Phi) is 4.51. The zero-order chi connectivity index (χ0) is 20.2. The van der Waals surface area contributed by atoms with Gasteiger partial charge >= 0.3 is 5.97 Å². The smallest absolute Gasteiger partial charge is 0.341 e. The van der Waals surface area contributed by atoms with Crippen molar-refractivity contribution in [3.05, 3.63) is 38.9 Å². The van der Waals surface area contributed by atoms with Crippen molar-refractivity contribution in [1.29, 1.82) is 0 Å². The lowest BCUT2D eigenvalue weighted by atomic mass is 10.1. The number of amides is 1. The van der Waals surface area contributed by atoms with E-state index in [9.17, 15) is 19.5 Å². The van der Waals surface area contributed by atoms with Gasteiger partial charge < -0.3 is 25.6 Å². The molecule has 1 unspecified atom stereocenters. The Labute approximate surface area is 163 Å². The number of rotatable bonds is 3. The van der Waals surface area contributed by atoms with Gasteiger partial charge in [-0.25, -0.2) is 9.18 Å². The maximum absolute atomic E-state index is 15.0. The van der Waals surface area contributed by atoms with E-state index in [1.54, 1.807) is 9.47 Å². The highest BCUT2D eigenvalue weighted by molar-refractivity contribution is 6.38. The maximum Gasteiger partial charge on any atom is 0.341 e. The van der Waals surface area contributed by atoms with Crippen LogP contribution in [0.3, 0.4) is 0 Å². The van der Waals surface area contributed by atoms with Crippen LogP contribution in [0.1, 0.15) is 29.2 Å². The van der Waals surface area contributed by atoms with Gasteiger partial charge in [-0.2, -0.15) is 0 Å². The molecule has 1 aliphatic carbocycles. The molecule has 148 valence electrons. The summed E-state index contributed by atoms with van der Waals surface area (Å²) in [7, 11) is 0. The number of carboxylic acid groups (broad SMARTS) is 1. The minimum Gasteiger partial charge on any atom is -0.477 e. The maximum atomic E-state index is 15.0.